The number of unbranched alkanes of at least 4 members (excludes halogenated alkanes) is 1. The number of nitrogens with zero attached hydrogens (tertiary/aromatic N) is 3. The Morgan fingerprint density at radius 1 is 1.12 bits per heavy atom. The quantitative estimate of drug-likeness (QED) is 0.279. The molecular formula is C25H30Cl2N4OS. The van der Waals surface area contributed by atoms with Gasteiger partial charge in [0.1, 0.15) is 0 Å². The number of nitrogens with one attached hydrogen (secondary N) is 1. The Hall–Kier alpha value is -2.02. The zero-order chi connectivity index (χ0) is 23.8. The van der Waals surface area contributed by atoms with Gasteiger partial charge in [-0.25, -0.2) is 0 Å². The highest BCUT2D eigenvalue weighted by molar-refractivity contribution is 7.98. The number of carbonyl (C=O) groups excluding carboxylic acids is 1. The number of carbonyl (C=O) groups is 1. The maximum atomic E-state index is 12.9. The highest BCUT2D eigenvalue weighted by atomic mass is 35.5. The van der Waals surface area contributed by atoms with E-state index in [-0.39, 0.29) is 17.9 Å². The lowest BCUT2D eigenvalue weighted by molar-refractivity contribution is -0.126. The number of benzene rings is 2. The molecule has 2 unspecified atom stereocenters. The molecule has 0 radical (unpaired) electrons. The maximum Gasteiger partial charge on any atom is 0.223 e. The summed E-state index contributed by atoms with van der Waals surface area (Å²) in [5, 5.41) is 13.8. The second-order valence-electron chi connectivity index (χ2n) is 8.02. The van der Waals surface area contributed by atoms with Crippen LogP contribution in [-0.2, 0) is 10.5 Å². The van der Waals surface area contributed by atoms with Crippen LogP contribution in [0.2, 0.25) is 10.0 Å². The number of hydrogen-bond donors (Lipinski definition) is 1. The number of halogens is 2. The SMILES string of the molecule is CCCCC(CC)C(=O)NC(C)c1nnc(SCc2ccccc2)n1-c1ccc(Cl)cc1Cl. The Morgan fingerprint density at radius 3 is 2.55 bits per heavy atom. The summed E-state index contributed by atoms with van der Waals surface area (Å²) in [5.74, 6) is 1.41. The van der Waals surface area contributed by atoms with Crippen molar-refractivity contribution < 1.29 is 4.79 Å². The van der Waals surface area contributed by atoms with Crippen molar-refractivity contribution in [1.29, 1.82) is 0 Å². The zero-order valence-corrected chi connectivity index (χ0v) is 21.6. The molecule has 2 atom stereocenters. The average Bonchev–Trinajstić information content (AvgIpc) is 3.22. The van der Waals surface area contributed by atoms with E-state index in [2.05, 4.69) is 41.5 Å². The van der Waals surface area contributed by atoms with Crippen LogP contribution in [-0.4, -0.2) is 20.7 Å². The van der Waals surface area contributed by atoms with Crippen LogP contribution >= 0.6 is 35.0 Å². The highest BCUT2D eigenvalue weighted by Crippen LogP contribution is 2.32. The van der Waals surface area contributed by atoms with Crippen LogP contribution in [0.3, 0.4) is 0 Å². The van der Waals surface area contributed by atoms with Gasteiger partial charge >= 0.3 is 0 Å². The van der Waals surface area contributed by atoms with E-state index in [1.807, 2.05) is 35.8 Å². The molecule has 3 aromatic rings. The smallest absolute Gasteiger partial charge is 0.223 e. The first-order valence-corrected chi connectivity index (χ1v) is 13.1. The summed E-state index contributed by atoms with van der Waals surface area (Å²) in [5.41, 5.74) is 1.92. The predicted octanol–water partition coefficient (Wildman–Crippen LogP) is 7.26. The van der Waals surface area contributed by atoms with Crippen molar-refractivity contribution in [3.8, 4) is 5.69 Å². The molecule has 0 saturated heterocycles. The van der Waals surface area contributed by atoms with Gasteiger partial charge in [0.2, 0.25) is 5.91 Å². The third-order valence-electron chi connectivity index (χ3n) is 5.54. The van der Waals surface area contributed by atoms with Crippen molar-refractivity contribution in [3.63, 3.8) is 0 Å². The largest absolute Gasteiger partial charge is 0.346 e. The van der Waals surface area contributed by atoms with E-state index in [1.165, 1.54) is 5.56 Å². The normalized spacial score (nSPS) is 13.0. The first-order valence-electron chi connectivity index (χ1n) is 11.3. The summed E-state index contributed by atoms with van der Waals surface area (Å²) in [7, 11) is 0. The molecule has 2 aromatic carbocycles. The molecular weight excluding hydrogens is 475 g/mol. The molecule has 0 aliphatic carbocycles. The average molecular weight is 506 g/mol. The standard InChI is InChI=1S/C25H30Cl2N4OS/c1-4-6-12-19(5-2)24(32)28-17(3)23-29-30-25(33-16-18-10-8-7-9-11-18)31(23)22-14-13-20(26)15-21(22)27/h7-11,13-15,17,19H,4-6,12,16H2,1-3H3,(H,28,32). The van der Waals surface area contributed by atoms with Gasteiger partial charge in [-0.1, -0.05) is 92.0 Å². The Labute approximate surface area is 210 Å². The number of thioether (sulfide) groups is 1. The molecule has 0 aliphatic heterocycles. The molecule has 1 amide bonds. The molecule has 1 aromatic heterocycles. The summed E-state index contributed by atoms with van der Waals surface area (Å²) in [6.45, 7) is 6.12. The van der Waals surface area contributed by atoms with Crippen molar-refractivity contribution in [2.24, 2.45) is 5.92 Å². The molecule has 1 heterocycles. The molecule has 0 spiro atoms. The number of hydrogen-bond acceptors (Lipinski definition) is 4. The van der Waals surface area contributed by atoms with E-state index in [1.54, 1.807) is 23.9 Å². The van der Waals surface area contributed by atoms with E-state index in [9.17, 15) is 4.79 Å². The Balaban J connectivity index is 1.90. The van der Waals surface area contributed by atoms with Gasteiger partial charge in [0.05, 0.1) is 16.8 Å². The van der Waals surface area contributed by atoms with Gasteiger partial charge in [-0.15, -0.1) is 10.2 Å². The van der Waals surface area contributed by atoms with Crippen LogP contribution in [0.4, 0.5) is 0 Å². The molecule has 0 fully saturated rings. The van der Waals surface area contributed by atoms with Crippen LogP contribution in [0.5, 0.6) is 0 Å². The van der Waals surface area contributed by atoms with E-state index in [0.29, 0.717) is 21.0 Å². The minimum Gasteiger partial charge on any atom is -0.346 e. The van der Waals surface area contributed by atoms with Crippen molar-refractivity contribution in [1.82, 2.24) is 20.1 Å². The van der Waals surface area contributed by atoms with Crippen LogP contribution in [0, 0.1) is 5.92 Å². The highest BCUT2D eigenvalue weighted by Gasteiger charge is 2.25. The molecule has 33 heavy (non-hydrogen) atoms. The monoisotopic (exact) mass is 504 g/mol. The third-order valence-corrected chi connectivity index (χ3v) is 7.07. The number of rotatable bonds is 11. The molecule has 176 valence electrons. The summed E-state index contributed by atoms with van der Waals surface area (Å²) in [4.78, 5) is 12.9. The molecule has 3 rings (SSSR count). The lowest BCUT2D eigenvalue weighted by Crippen LogP contribution is -2.33. The third kappa shape index (κ3) is 6.75. The van der Waals surface area contributed by atoms with Crippen LogP contribution in [0.1, 0.15) is 63.9 Å². The van der Waals surface area contributed by atoms with E-state index >= 15 is 0 Å². The molecule has 0 bridgehead atoms. The fraction of sp³-hybridized carbons (Fsp3) is 0.400. The van der Waals surface area contributed by atoms with Gasteiger partial charge in [-0.3, -0.25) is 9.36 Å². The second-order valence-corrected chi connectivity index (χ2v) is 9.81. The summed E-state index contributed by atoms with van der Waals surface area (Å²) in [6, 6.07) is 15.2. The van der Waals surface area contributed by atoms with Crippen LogP contribution in [0.25, 0.3) is 5.69 Å². The van der Waals surface area contributed by atoms with Crippen molar-refractivity contribution in [3.05, 3.63) is 70.0 Å². The first kappa shape index (κ1) is 25.6. The maximum absolute atomic E-state index is 12.9. The molecule has 5 nitrogen and oxygen atoms in total. The summed E-state index contributed by atoms with van der Waals surface area (Å²) in [6.07, 6.45) is 3.81. The molecule has 1 N–H and O–H groups in total. The van der Waals surface area contributed by atoms with Gasteiger partial charge in [0, 0.05) is 16.7 Å². The Kier molecular flexibility index (Phi) is 9.65. The van der Waals surface area contributed by atoms with Gasteiger partial charge in [-0.2, -0.15) is 0 Å². The van der Waals surface area contributed by atoms with Crippen LogP contribution < -0.4 is 5.32 Å². The topological polar surface area (TPSA) is 59.8 Å². The Bertz CT molecular complexity index is 1060. The van der Waals surface area contributed by atoms with E-state index in [0.717, 1.165) is 37.1 Å². The van der Waals surface area contributed by atoms with E-state index in [4.69, 9.17) is 23.2 Å². The summed E-state index contributed by atoms with van der Waals surface area (Å²) >= 11 is 14.3. The minimum absolute atomic E-state index is 0.00480. The number of amides is 1. The number of aromatic nitrogens is 3. The Morgan fingerprint density at radius 2 is 1.88 bits per heavy atom. The lowest BCUT2D eigenvalue weighted by atomic mass is 9.98. The first-order chi connectivity index (χ1) is 15.9. The minimum atomic E-state index is -0.335. The zero-order valence-electron chi connectivity index (χ0n) is 19.2. The van der Waals surface area contributed by atoms with Gasteiger partial charge in [-0.05, 0) is 43.5 Å². The van der Waals surface area contributed by atoms with Crippen LogP contribution in [0.15, 0.2) is 53.7 Å². The molecule has 8 heteroatoms. The van der Waals surface area contributed by atoms with E-state index < -0.39 is 0 Å². The van der Waals surface area contributed by atoms with Gasteiger partial charge in [0.15, 0.2) is 11.0 Å². The summed E-state index contributed by atoms with van der Waals surface area (Å²) < 4.78 is 1.92. The molecule has 0 saturated carbocycles. The fourth-order valence-electron chi connectivity index (χ4n) is 3.63. The predicted molar refractivity (Wildman–Crippen MR) is 137 cm³/mol. The van der Waals surface area contributed by atoms with Crippen molar-refractivity contribution in [2.45, 2.75) is 63.4 Å². The van der Waals surface area contributed by atoms with Crippen molar-refractivity contribution in [2.75, 3.05) is 0 Å². The van der Waals surface area contributed by atoms with Crippen molar-refractivity contribution >= 4 is 40.9 Å². The fourth-order valence-corrected chi connectivity index (χ4v) is 5.03. The van der Waals surface area contributed by atoms with Gasteiger partial charge in [0.25, 0.3) is 0 Å². The second kappa shape index (κ2) is 12.4. The van der Waals surface area contributed by atoms with Gasteiger partial charge < -0.3 is 5.32 Å². The molecule has 0 aliphatic rings. The lowest BCUT2D eigenvalue weighted by Gasteiger charge is -2.20.